The van der Waals surface area contributed by atoms with Crippen molar-refractivity contribution in [3.63, 3.8) is 0 Å². The van der Waals surface area contributed by atoms with Crippen LogP contribution in [0.4, 0.5) is 0 Å². The van der Waals surface area contributed by atoms with E-state index in [1.54, 1.807) is 16.3 Å². The highest BCUT2D eigenvalue weighted by Crippen LogP contribution is 2.35. The number of thioether (sulfide) groups is 1. The molecule has 0 unspecified atom stereocenters. The van der Waals surface area contributed by atoms with Crippen molar-refractivity contribution in [3.8, 4) is 0 Å². The van der Waals surface area contributed by atoms with Crippen molar-refractivity contribution in [1.29, 1.82) is 0 Å². The zero-order valence-corrected chi connectivity index (χ0v) is 16.1. The van der Waals surface area contributed by atoms with Gasteiger partial charge in [-0.05, 0) is 48.4 Å². The minimum absolute atomic E-state index is 0.150. The van der Waals surface area contributed by atoms with E-state index in [1.807, 2.05) is 29.8 Å². The van der Waals surface area contributed by atoms with Gasteiger partial charge < -0.3 is 0 Å². The third kappa shape index (κ3) is 2.49. The molecule has 2 aliphatic heterocycles. The largest absolute Gasteiger partial charge is 0.298 e. The summed E-state index contributed by atoms with van der Waals surface area (Å²) in [4.78, 5) is 18.7. The first-order valence-electron chi connectivity index (χ1n) is 7.23. The summed E-state index contributed by atoms with van der Waals surface area (Å²) in [5.74, 6) is -0.150. The van der Waals surface area contributed by atoms with Gasteiger partial charge in [-0.2, -0.15) is 0 Å². The maximum atomic E-state index is 12.7. The van der Waals surface area contributed by atoms with Gasteiger partial charge in [-0.3, -0.25) is 15.1 Å². The third-order valence-electron chi connectivity index (χ3n) is 3.90. The van der Waals surface area contributed by atoms with Crippen molar-refractivity contribution in [2.24, 2.45) is 10.1 Å². The number of thiophene rings is 1. The van der Waals surface area contributed by atoms with E-state index in [9.17, 15) is 4.79 Å². The molecule has 4 rings (SSSR count). The Balaban J connectivity index is 2.04. The molecule has 24 heavy (non-hydrogen) atoms. The topological polar surface area (TPSA) is 57.1 Å². The second kappa shape index (κ2) is 6.02. The molecule has 2 aliphatic rings. The molecule has 1 aromatic heterocycles. The smallest absolute Gasteiger partial charge is 0.276 e. The summed E-state index contributed by atoms with van der Waals surface area (Å²) in [6.45, 7) is 2.06. The number of amides is 1. The van der Waals surface area contributed by atoms with E-state index in [0.717, 1.165) is 25.5 Å². The molecular formula is C16H13BrN4OS2. The summed E-state index contributed by atoms with van der Waals surface area (Å²) in [6, 6.07) is 7.85. The van der Waals surface area contributed by atoms with Gasteiger partial charge in [0.1, 0.15) is 5.70 Å². The van der Waals surface area contributed by atoms with Crippen molar-refractivity contribution >= 4 is 55.8 Å². The average Bonchev–Trinajstić information content (AvgIpc) is 2.99. The van der Waals surface area contributed by atoms with Crippen LogP contribution >= 0.6 is 39.0 Å². The fraction of sp³-hybridized carbons (Fsp3) is 0.188. The Hall–Kier alpha value is -1.64. The first-order valence-corrected chi connectivity index (χ1v) is 10.1. The lowest BCUT2D eigenvalue weighted by Gasteiger charge is -2.33. The lowest BCUT2D eigenvalue weighted by molar-refractivity contribution is -0.116. The maximum Gasteiger partial charge on any atom is 0.276 e. The van der Waals surface area contributed by atoms with Gasteiger partial charge in [-0.15, -0.1) is 16.4 Å². The highest BCUT2D eigenvalue weighted by atomic mass is 79.9. The Labute approximate surface area is 155 Å². The number of aryl methyl sites for hydroxylation is 1. The summed E-state index contributed by atoms with van der Waals surface area (Å²) in [7, 11) is 0. The SMILES string of the molecule is CSC1=NN2C(=c3cc(Br)ccc3=N[C@@H]2c2sccc2C)C(=O)N1. The van der Waals surface area contributed by atoms with Crippen molar-refractivity contribution in [1.82, 2.24) is 10.3 Å². The molecular weight excluding hydrogens is 408 g/mol. The molecule has 1 N–H and O–H groups in total. The van der Waals surface area contributed by atoms with Gasteiger partial charge in [0.2, 0.25) is 0 Å². The molecule has 5 nitrogen and oxygen atoms in total. The number of halogens is 1. The molecule has 0 aliphatic carbocycles. The Morgan fingerprint density at radius 1 is 1.38 bits per heavy atom. The number of hydrogen-bond acceptors (Lipinski definition) is 6. The molecule has 122 valence electrons. The van der Waals surface area contributed by atoms with Crippen molar-refractivity contribution in [2.75, 3.05) is 6.26 Å². The second-order valence-corrected chi connectivity index (χ2v) is 8.05. The number of rotatable bonds is 1. The molecule has 0 saturated heterocycles. The molecule has 0 spiro atoms. The number of nitrogens with one attached hydrogen (secondary N) is 1. The van der Waals surface area contributed by atoms with Crippen molar-refractivity contribution in [3.05, 3.63) is 55.1 Å². The molecule has 0 fully saturated rings. The minimum atomic E-state index is -0.318. The number of benzene rings is 1. The number of carbonyl (C=O) groups is 1. The first-order chi connectivity index (χ1) is 11.6. The predicted octanol–water partition coefficient (Wildman–Crippen LogP) is 2.33. The fourth-order valence-corrected chi connectivity index (χ4v) is 4.44. The van der Waals surface area contributed by atoms with Crippen LogP contribution in [0.25, 0.3) is 5.70 Å². The van der Waals surface area contributed by atoms with E-state index >= 15 is 0 Å². The summed E-state index contributed by atoms with van der Waals surface area (Å²) >= 11 is 6.52. The van der Waals surface area contributed by atoms with Crippen LogP contribution in [0.3, 0.4) is 0 Å². The molecule has 0 saturated carbocycles. The van der Waals surface area contributed by atoms with Crippen LogP contribution in [-0.2, 0) is 4.79 Å². The van der Waals surface area contributed by atoms with E-state index in [1.165, 1.54) is 11.8 Å². The number of carbonyl (C=O) groups excluding carboxylic acids is 1. The molecule has 8 heteroatoms. The molecule has 3 heterocycles. The van der Waals surface area contributed by atoms with Gasteiger partial charge in [-0.1, -0.05) is 27.7 Å². The van der Waals surface area contributed by atoms with Crippen LogP contribution in [0.5, 0.6) is 0 Å². The Morgan fingerprint density at radius 3 is 2.92 bits per heavy atom. The number of fused-ring (bicyclic) bond motifs is 2. The van der Waals surface area contributed by atoms with Gasteiger partial charge >= 0.3 is 0 Å². The maximum absolute atomic E-state index is 12.7. The second-order valence-electron chi connectivity index (χ2n) is 5.39. The first kappa shape index (κ1) is 15.9. The van der Waals surface area contributed by atoms with Crippen LogP contribution in [0.2, 0.25) is 0 Å². The summed E-state index contributed by atoms with van der Waals surface area (Å²) in [5, 5.41) is 13.4. The van der Waals surface area contributed by atoms with Crippen LogP contribution in [0, 0.1) is 6.92 Å². The van der Waals surface area contributed by atoms with Crippen molar-refractivity contribution < 1.29 is 4.79 Å². The van der Waals surface area contributed by atoms with E-state index in [4.69, 9.17) is 4.99 Å². The summed E-state index contributed by atoms with van der Waals surface area (Å²) < 4.78 is 0.905. The molecule has 0 radical (unpaired) electrons. The molecule has 1 amide bonds. The number of hydrogen-bond donors (Lipinski definition) is 1. The molecule has 1 aromatic carbocycles. The number of amidine groups is 1. The van der Waals surface area contributed by atoms with E-state index in [0.29, 0.717) is 10.9 Å². The molecule has 1 atom stereocenters. The predicted molar refractivity (Wildman–Crippen MR) is 101 cm³/mol. The Morgan fingerprint density at radius 2 is 2.21 bits per heavy atom. The van der Waals surface area contributed by atoms with E-state index in [2.05, 4.69) is 39.3 Å². The fourth-order valence-electron chi connectivity index (χ4n) is 2.76. The van der Waals surface area contributed by atoms with Gasteiger partial charge in [0, 0.05) is 9.69 Å². The Bertz CT molecular complexity index is 998. The van der Waals surface area contributed by atoms with Crippen LogP contribution in [-0.4, -0.2) is 22.3 Å². The van der Waals surface area contributed by atoms with Crippen LogP contribution in [0.1, 0.15) is 16.6 Å². The van der Waals surface area contributed by atoms with Gasteiger partial charge in [0.25, 0.3) is 5.91 Å². The summed E-state index contributed by atoms with van der Waals surface area (Å²) in [6.07, 6.45) is 1.57. The van der Waals surface area contributed by atoms with Gasteiger partial charge in [0.05, 0.1) is 10.2 Å². The van der Waals surface area contributed by atoms with Crippen LogP contribution in [0.15, 0.2) is 44.2 Å². The highest BCUT2D eigenvalue weighted by molar-refractivity contribution is 9.10. The zero-order chi connectivity index (χ0) is 16.8. The minimum Gasteiger partial charge on any atom is -0.298 e. The average molecular weight is 421 g/mol. The molecule has 2 aromatic rings. The van der Waals surface area contributed by atoms with Gasteiger partial charge in [-0.25, -0.2) is 5.01 Å². The monoisotopic (exact) mass is 420 g/mol. The zero-order valence-electron chi connectivity index (χ0n) is 12.9. The Kier molecular flexibility index (Phi) is 3.98. The highest BCUT2D eigenvalue weighted by Gasteiger charge is 2.35. The lowest BCUT2D eigenvalue weighted by Crippen LogP contribution is -2.50. The standard InChI is InChI=1S/C16H13BrN4OS2/c1-8-5-6-24-13(8)14-18-11-4-3-9(17)7-10(11)12-15(22)19-16(23-2)20-21(12)14/h3-7,14H,1-2H3,(H,19,20,22)/t14-/m0/s1. The van der Waals surface area contributed by atoms with E-state index in [-0.39, 0.29) is 12.1 Å². The normalized spacial score (nSPS) is 19.2. The number of nitrogens with zero attached hydrogens (tertiary/aromatic N) is 3. The molecule has 0 bridgehead atoms. The van der Waals surface area contributed by atoms with Crippen LogP contribution < -0.4 is 15.9 Å². The number of hydrazone groups is 1. The third-order valence-corrected chi connectivity index (χ3v) is 6.02. The lowest BCUT2D eigenvalue weighted by atomic mass is 10.1. The van der Waals surface area contributed by atoms with E-state index < -0.39 is 0 Å². The quantitative estimate of drug-likeness (QED) is 0.769. The van der Waals surface area contributed by atoms with Crippen molar-refractivity contribution in [2.45, 2.75) is 13.1 Å². The van der Waals surface area contributed by atoms with Gasteiger partial charge in [0.15, 0.2) is 11.3 Å². The summed E-state index contributed by atoms with van der Waals surface area (Å²) in [5.41, 5.74) is 1.69.